The molecule has 1 atom stereocenters. The highest BCUT2D eigenvalue weighted by Gasteiger charge is 2.02. The summed E-state index contributed by atoms with van der Waals surface area (Å²) in [5.41, 5.74) is 5.31. The first-order valence-electron chi connectivity index (χ1n) is 2.74. The summed E-state index contributed by atoms with van der Waals surface area (Å²) in [6.07, 6.45) is -2.20. The van der Waals surface area contributed by atoms with E-state index in [-0.39, 0.29) is 24.2 Å². The van der Waals surface area contributed by atoms with Gasteiger partial charge in [0.1, 0.15) is 0 Å². The fourth-order valence-electron chi connectivity index (χ4n) is 0.343. The summed E-state index contributed by atoms with van der Waals surface area (Å²) in [5.74, 6) is 0.520. The third kappa shape index (κ3) is 11.3. The number of halogens is 3. The van der Waals surface area contributed by atoms with E-state index in [0.29, 0.717) is 5.75 Å². The summed E-state index contributed by atoms with van der Waals surface area (Å²) >= 11 is 1.19. The molecule has 0 radical (unpaired) electrons. The van der Waals surface area contributed by atoms with Gasteiger partial charge in [-0.1, -0.05) is 0 Å². The smallest absolute Gasteiger partial charge is 0.247 e. The molecule has 0 aliphatic rings. The van der Waals surface area contributed by atoms with Gasteiger partial charge in [0.25, 0.3) is 0 Å². The molecule has 0 bridgehead atoms. The van der Waals surface area contributed by atoms with Crippen LogP contribution in [0.25, 0.3) is 0 Å². The van der Waals surface area contributed by atoms with Crippen LogP contribution in [0.3, 0.4) is 0 Å². The van der Waals surface area contributed by atoms with E-state index >= 15 is 0 Å². The molecule has 0 saturated carbocycles. The lowest BCUT2D eigenvalue weighted by atomic mass is 10.4. The molecule has 2 N–H and O–H groups in total. The normalized spacial score (nSPS) is 12.9. The maximum absolute atomic E-state index is 11.4. The zero-order valence-corrected chi connectivity index (χ0v) is 7.35. The molecule has 10 heavy (non-hydrogen) atoms. The predicted molar refractivity (Wildman–Crippen MR) is 44.2 cm³/mol. The van der Waals surface area contributed by atoms with Gasteiger partial charge in [-0.25, -0.2) is 8.78 Å². The minimum Gasteiger partial charge on any atom is -0.327 e. The number of nitrogens with two attached hydrogens (primary N) is 1. The molecule has 5 heteroatoms. The maximum atomic E-state index is 11.4. The van der Waals surface area contributed by atoms with Gasteiger partial charge in [-0.3, -0.25) is 0 Å². The van der Waals surface area contributed by atoms with Crippen molar-refractivity contribution in [3.8, 4) is 0 Å². The van der Waals surface area contributed by atoms with Crippen LogP contribution in [-0.4, -0.2) is 24.0 Å². The second-order valence-electron chi connectivity index (χ2n) is 1.91. The van der Waals surface area contributed by atoms with Crippen molar-refractivity contribution in [3.05, 3.63) is 0 Å². The number of hydrogen-bond donors (Lipinski definition) is 1. The largest absolute Gasteiger partial charge is 0.327 e. The standard InChI is InChI=1S/C5H11F2NS.ClH/c1-4(8)2-9-3-5(6)7;/h4-5H,2-3,8H2,1H3;1H. The first-order valence-corrected chi connectivity index (χ1v) is 3.90. The van der Waals surface area contributed by atoms with Crippen molar-refractivity contribution in [2.75, 3.05) is 11.5 Å². The Morgan fingerprint density at radius 3 is 2.20 bits per heavy atom. The molecular weight excluding hydrogens is 180 g/mol. The molecule has 1 nitrogen and oxygen atoms in total. The van der Waals surface area contributed by atoms with E-state index in [4.69, 9.17) is 5.73 Å². The fourth-order valence-corrected chi connectivity index (χ4v) is 1.03. The van der Waals surface area contributed by atoms with Crippen molar-refractivity contribution in [1.82, 2.24) is 0 Å². The molecule has 0 aromatic carbocycles. The lowest BCUT2D eigenvalue weighted by molar-refractivity contribution is 0.177. The highest BCUT2D eigenvalue weighted by molar-refractivity contribution is 7.99. The molecule has 0 fully saturated rings. The fraction of sp³-hybridized carbons (Fsp3) is 1.00. The molecule has 0 aromatic heterocycles. The van der Waals surface area contributed by atoms with Gasteiger partial charge in [0, 0.05) is 11.8 Å². The van der Waals surface area contributed by atoms with Crippen molar-refractivity contribution in [3.63, 3.8) is 0 Å². The van der Waals surface area contributed by atoms with Crippen LogP contribution in [0, 0.1) is 0 Å². The average molecular weight is 192 g/mol. The van der Waals surface area contributed by atoms with E-state index in [1.165, 1.54) is 11.8 Å². The zero-order valence-electron chi connectivity index (χ0n) is 5.72. The summed E-state index contributed by atoms with van der Waals surface area (Å²) < 4.78 is 22.8. The Labute approximate surface area is 70.1 Å². The van der Waals surface area contributed by atoms with Gasteiger partial charge in [-0.05, 0) is 6.92 Å². The van der Waals surface area contributed by atoms with Crippen molar-refractivity contribution >= 4 is 24.2 Å². The van der Waals surface area contributed by atoms with Gasteiger partial charge in [0.15, 0.2) is 0 Å². The van der Waals surface area contributed by atoms with E-state index in [1.807, 2.05) is 0 Å². The molecule has 0 rings (SSSR count). The molecule has 1 unspecified atom stereocenters. The Morgan fingerprint density at radius 1 is 1.40 bits per heavy atom. The number of alkyl halides is 2. The Bertz CT molecular complexity index is 64.7. The van der Waals surface area contributed by atoms with Crippen molar-refractivity contribution in [1.29, 1.82) is 0 Å². The molecular formula is C5H12ClF2NS. The lowest BCUT2D eigenvalue weighted by Gasteiger charge is -2.02. The van der Waals surface area contributed by atoms with Crippen LogP contribution in [0.15, 0.2) is 0 Å². The van der Waals surface area contributed by atoms with E-state index in [9.17, 15) is 8.78 Å². The molecule has 0 saturated heterocycles. The van der Waals surface area contributed by atoms with E-state index in [2.05, 4.69) is 0 Å². The van der Waals surface area contributed by atoms with Crippen molar-refractivity contribution < 1.29 is 8.78 Å². The summed E-state index contributed by atoms with van der Waals surface area (Å²) in [5, 5.41) is 0. The Hall–Kier alpha value is 0.460. The quantitative estimate of drug-likeness (QED) is 0.733. The second-order valence-corrected chi connectivity index (χ2v) is 2.98. The molecule has 0 amide bonds. The maximum Gasteiger partial charge on any atom is 0.247 e. The highest BCUT2D eigenvalue weighted by Crippen LogP contribution is 2.06. The van der Waals surface area contributed by atoms with E-state index < -0.39 is 6.43 Å². The lowest BCUT2D eigenvalue weighted by Crippen LogP contribution is -2.18. The number of hydrogen-bond acceptors (Lipinski definition) is 2. The summed E-state index contributed by atoms with van der Waals surface area (Å²) in [6, 6.07) is 0.0220. The first kappa shape index (κ1) is 13.1. The third-order valence-electron chi connectivity index (χ3n) is 0.625. The monoisotopic (exact) mass is 191 g/mol. The molecule has 0 aromatic rings. The van der Waals surface area contributed by atoms with Crippen LogP contribution in [0.1, 0.15) is 6.92 Å². The zero-order chi connectivity index (χ0) is 7.28. The molecule has 0 heterocycles. The predicted octanol–water partition coefficient (Wildman–Crippen LogP) is 1.75. The van der Waals surface area contributed by atoms with Gasteiger partial charge in [0.2, 0.25) is 6.43 Å². The van der Waals surface area contributed by atoms with Crippen LogP contribution in [0.5, 0.6) is 0 Å². The van der Waals surface area contributed by atoms with Crippen molar-refractivity contribution in [2.24, 2.45) is 5.73 Å². The van der Waals surface area contributed by atoms with Gasteiger partial charge < -0.3 is 5.73 Å². The number of thioether (sulfide) groups is 1. The minimum atomic E-state index is -2.20. The van der Waals surface area contributed by atoms with Crippen LogP contribution >= 0.6 is 24.2 Å². The summed E-state index contributed by atoms with van der Waals surface area (Å²) in [7, 11) is 0. The topological polar surface area (TPSA) is 26.0 Å². The van der Waals surface area contributed by atoms with Crippen LogP contribution in [0.2, 0.25) is 0 Å². The average Bonchev–Trinajstić information content (AvgIpc) is 1.63. The first-order chi connectivity index (χ1) is 4.13. The van der Waals surface area contributed by atoms with Gasteiger partial charge in [-0.15, -0.1) is 12.4 Å². The van der Waals surface area contributed by atoms with Crippen molar-refractivity contribution in [2.45, 2.75) is 19.4 Å². The van der Waals surface area contributed by atoms with Gasteiger partial charge in [0.05, 0.1) is 5.75 Å². The van der Waals surface area contributed by atoms with Crippen LogP contribution in [0.4, 0.5) is 8.78 Å². The molecule has 0 spiro atoms. The highest BCUT2D eigenvalue weighted by atomic mass is 35.5. The molecule has 0 aliphatic heterocycles. The molecule has 0 aliphatic carbocycles. The Kier molecular flexibility index (Phi) is 9.90. The van der Waals surface area contributed by atoms with Gasteiger partial charge >= 0.3 is 0 Å². The second kappa shape index (κ2) is 7.57. The van der Waals surface area contributed by atoms with Gasteiger partial charge in [-0.2, -0.15) is 11.8 Å². The van der Waals surface area contributed by atoms with Crippen LogP contribution < -0.4 is 5.73 Å². The Balaban J connectivity index is 0. The Morgan fingerprint density at radius 2 is 1.90 bits per heavy atom. The van der Waals surface area contributed by atoms with Crippen LogP contribution in [-0.2, 0) is 0 Å². The SMILES string of the molecule is CC(N)CSCC(F)F.Cl. The molecule has 64 valence electrons. The number of rotatable bonds is 4. The van der Waals surface area contributed by atoms with E-state index in [1.54, 1.807) is 6.92 Å². The third-order valence-corrected chi connectivity index (χ3v) is 1.87. The summed E-state index contributed by atoms with van der Waals surface area (Å²) in [6.45, 7) is 1.80. The van der Waals surface area contributed by atoms with E-state index in [0.717, 1.165) is 0 Å². The summed E-state index contributed by atoms with van der Waals surface area (Å²) in [4.78, 5) is 0. The minimum absolute atomic E-state index is 0.